The molecule has 1 heterocycles. The third-order valence-electron chi connectivity index (χ3n) is 4.22. The number of halogens is 1. The van der Waals surface area contributed by atoms with E-state index >= 15 is 0 Å². The maximum absolute atomic E-state index is 12.3. The highest BCUT2D eigenvalue weighted by Gasteiger charge is 2.20. The van der Waals surface area contributed by atoms with Gasteiger partial charge in [0, 0.05) is 6.20 Å². The maximum Gasteiger partial charge on any atom is 0.338 e. The Labute approximate surface area is 151 Å². The van der Waals surface area contributed by atoms with Crippen LogP contribution in [0.2, 0.25) is 5.02 Å². The van der Waals surface area contributed by atoms with Gasteiger partial charge in [0.2, 0.25) is 0 Å². The minimum atomic E-state index is -0.930. The fraction of sp³-hybridized carbons (Fsp3) is 0.316. The largest absolute Gasteiger partial charge is 0.449 e. The first-order valence-electron chi connectivity index (χ1n) is 8.28. The van der Waals surface area contributed by atoms with Crippen molar-refractivity contribution < 1.29 is 14.3 Å². The van der Waals surface area contributed by atoms with Crippen LogP contribution >= 0.6 is 11.6 Å². The van der Waals surface area contributed by atoms with Gasteiger partial charge in [0.05, 0.1) is 10.6 Å². The first kappa shape index (κ1) is 17.4. The SMILES string of the molecule is C[C@H](OC(=O)c1ccc2c(c1)CCCC2)C(=O)Nc1ccc(Cl)cn1. The highest BCUT2D eigenvalue weighted by molar-refractivity contribution is 6.30. The van der Waals surface area contributed by atoms with Gasteiger partial charge in [-0.1, -0.05) is 17.7 Å². The van der Waals surface area contributed by atoms with Crippen LogP contribution in [-0.2, 0) is 22.4 Å². The Morgan fingerprint density at radius 1 is 1.16 bits per heavy atom. The van der Waals surface area contributed by atoms with Crippen LogP contribution in [0.4, 0.5) is 5.82 Å². The number of ether oxygens (including phenoxy) is 1. The minimum absolute atomic E-state index is 0.353. The Bertz CT molecular complexity index is 790. The van der Waals surface area contributed by atoms with E-state index in [4.69, 9.17) is 16.3 Å². The van der Waals surface area contributed by atoms with Crippen LogP contribution in [0.15, 0.2) is 36.5 Å². The summed E-state index contributed by atoms with van der Waals surface area (Å²) in [5, 5.41) is 3.07. The van der Waals surface area contributed by atoms with Crippen LogP contribution in [0, 0.1) is 0 Å². The van der Waals surface area contributed by atoms with E-state index in [2.05, 4.69) is 10.3 Å². The van der Waals surface area contributed by atoms with Crippen molar-refractivity contribution in [3.8, 4) is 0 Å². The lowest BCUT2D eigenvalue weighted by Gasteiger charge is -2.17. The van der Waals surface area contributed by atoms with E-state index in [0.29, 0.717) is 16.4 Å². The summed E-state index contributed by atoms with van der Waals surface area (Å²) in [6, 6.07) is 8.82. The molecule has 0 unspecified atom stereocenters. The van der Waals surface area contributed by atoms with Gasteiger partial charge in [0.1, 0.15) is 5.82 Å². The van der Waals surface area contributed by atoms with Crippen LogP contribution in [-0.4, -0.2) is 23.0 Å². The van der Waals surface area contributed by atoms with Gasteiger partial charge in [-0.15, -0.1) is 0 Å². The van der Waals surface area contributed by atoms with Gasteiger partial charge in [-0.3, -0.25) is 4.79 Å². The van der Waals surface area contributed by atoms with Gasteiger partial charge in [-0.2, -0.15) is 0 Å². The van der Waals surface area contributed by atoms with Crippen LogP contribution in [0.5, 0.6) is 0 Å². The third-order valence-corrected chi connectivity index (χ3v) is 4.44. The summed E-state index contributed by atoms with van der Waals surface area (Å²) in [4.78, 5) is 28.4. The summed E-state index contributed by atoms with van der Waals surface area (Å²) >= 11 is 5.75. The fourth-order valence-electron chi connectivity index (χ4n) is 2.82. The molecule has 1 aromatic heterocycles. The predicted molar refractivity (Wildman–Crippen MR) is 95.8 cm³/mol. The molecule has 1 atom stereocenters. The van der Waals surface area contributed by atoms with Crippen molar-refractivity contribution in [1.29, 1.82) is 0 Å². The lowest BCUT2D eigenvalue weighted by atomic mass is 9.90. The number of carbonyl (C=O) groups excluding carboxylic acids is 2. The molecular weight excluding hydrogens is 340 g/mol. The highest BCUT2D eigenvalue weighted by Crippen LogP contribution is 2.22. The summed E-state index contributed by atoms with van der Waals surface area (Å²) in [6.45, 7) is 1.53. The Kier molecular flexibility index (Phi) is 5.34. The van der Waals surface area contributed by atoms with Crippen LogP contribution < -0.4 is 5.32 Å². The Morgan fingerprint density at radius 3 is 2.64 bits per heavy atom. The van der Waals surface area contributed by atoms with Gasteiger partial charge in [0.25, 0.3) is 5.91 Å². The standard InChI is InChI=1S/C19H19ClN2O3/c1-12(18(23)22-17-9-8-16(20)11-21-17)25-19(24)15-7-6-13-4-2-3-5-14(13)10-15/h6-12H,2-5H2,1H3,(H,21,22,23)/t12-/m0/s1. The van der Waals surface area contributed by atoms with Crippen molar-refractivity contribution in [2.75, 3.05) is 5.32 Å². The molecule has 0 bridgehead atoms. The number of hydrogen-bond donors (Lipinski definition) is 1. The molecule has 1 amide bonds. The molecule has 6 heteroatoms. The number of nitrogens with zero attached hydrogens (tertiary/aromatic N) is 1. The molecule has 1 aromatic carbocycles. The lowest BCUT2D eigenvalue weighted by molar-refractivity contribution is -0.123. The topological polar surface area (TPSA) is 68.3 Å². The number of hydrogen-bond acceptors (Lipinski definition) is 4. The van der Waals surface area contributed by atoms with Gasteiger partial charge in [-0.05, 0) is 68.0 Å². The van der Waals surface area contributed by atoms with Crippen molar-refractivity contribution in [1.82, 2.24) is 4.98 Å². The highest BCUT2D eigenvalue weighted by atomic mass is 35.5. The van der Waals surface area contributed by atoms with Gasteiger partial charge >= 0.3 is 5.97 Å². The second-order valence-electron chi connectivity index (χ2n) is 6.09. The van der Waals surface area contributed by atoms with Crippen molar-refractivity contribution in [2.24, 2.45) is 0 Å². The minimum Gasteiger partial charge on any atom is -0.449 e. The van der Waals surface area contributed by atoms with Gasteiger partial charge < -0.3 is 10.1 Å². The quantitative estimate of drug-likeness (QED) is 0.844. The summed E-state index contributed by atoms with van der Waals surface area (Å²) in [7, 11) is 0. The number of carbonyl (C=O) groups is 2. The number of esters is 1. The zero-order valence-corrected chi connectivity index (χ0v) is 14.7. The van der Waals surface area contributed by atoms with Crippen molar-refractivity contribution >= 4 is 29.3 Å². The van der Waals surface area contributed by atoms with Crippen molar-refractivity contribution in [3.05, 3.63) is 58.2 Å². The second kappa shape index (κ2) is 7.66. The summed E-state index contributed by atoms with van der Waals surface area (Å²) < 4.78 is 5.28. The molecule has 1 aliphatic rings. The number of anilines is 1. The molecule has 25 heavy (non-hydrogen) atoms. The molecule has 0 saturated carbocycles. The molecule has 3 rings (SSSR count). The number of rotatable bonds is 4. The monoisotopic (exact) mass is 358 g/mol. The number of aromatic nitrogens is 1. The molecule has 0 fully saturated rings. The third kappa shape index (κ3) is 4.37. The molecule has 0 spiro atoms. The van der Waals surface area contributed by atoms with Crippen LogP contribution in [0.25, 0.3) is 0 Å². The predicted octanol–water partition coefficient (Wildman–Crippen LogP) is 3.80. The van der Waals surface area contributed by atoms with Gasteiger partial charge in [0.15, 0.2) is 6.10 Å². The van der Waals surface area contributed by atoms with E-state index < -0.39 is 18.0 Å². The summed E-state index contributed by atoms with van der Waals surface area (Å²) in [5.41, 5.74) is 2.97. The first-order chi connectivity index (χ1) is 12.0. The van der Waals surface area contributed by atoms with E-state index in [1.807, 2.05) is 12.1 Å². The molecule has 1 aliphatic carbocycles. The lowest BCUT2D eigenvalue weighted by Crippen LogP contribution is -2.30. The Hall–Kier alpha value is -2.40. The number of fused-ring (bicyclic) bond motifs is 1. The second-order valence-corrected chi connectivity index (χ2v) is 6.53. The van der Waals surface area contributed by atoms with E-state index in [0.717, 1.165) is 19.3 Å². The number of aryl methyl sites for hydroxylation is 2. The average Bonchev–Trinajstić information content (AvgIpc) is 2.63. The number of benzene rings is 1. The zero-order valence-electron chi connectivity index (χ0n) is 13.9. The van der Waals surface area contributed by atoms with Crippen molar-refractivity contribution in [2.45, 2.75) is 38.7 Å². The first-order valence-corrected chi connectivity index (χ1v) is 8.66. The fourth-order valence-corrected chi connectivity index (χ4v) is 2.93. The molecule has 0 aliphatic heterocycles. The van der Waals surface area contributed by atoms with E-state index in [1.165, 1.54) is 30.7 Å². The summed E-state index contributed by atoms with van der Waals surface area (Å²) in [5.74, 6) is -0.590. The average molecular weight is 359 g/mol. The summed E-state index contributed by atoms with van der Waals surface area (Å²) in [6.07, 6.45) is 4.86. The van der Waals surface area contributed by atoms with E-state index in [-0.39, 0.29) is 0 Å². The number of amides is 1. The number of pyridine rings is 1. The Balaban J connectivity index is 1.61. The normalized spacial score (nSPS) is 14.3. The van der Waals surface area contributed by atoms with E-state index in [1.54, 1.807) is 18.2 Å². The molecule has 5 nitrogen and oxygen atoms in total. The molecule has 2 aromatic rings. The smallest absolute Gasteiger partial charge is 0.338 e. The Morgan fingerprint density at radius 2 is 1.92 bits per heavy atom. The molecule has 0 radical (unpaired) electrons. The molecule has 1 N–H and O–H groups in total. The molecule has 0 saturated heterocycles. The zero-order chi connectivity index (χ0) is 17.8. The van der Waals surface area contributed by atoms with Crippen LogP contribution in [0.3, 0.4) is 0 Å². The molecular formula is C19H19ClN2O3. The van der Waals surface area contributed by atoms with Crippen molar-refractivity contribution in [3.63, 3.8) is 0 Å². The van der Waals surface area contributed by atoms with Gasteiger partial charge in [-0.25, -0.2) is 9.78 Å². The number of nitrogens with one attached hydrogen (secondary N) is 1. The van der Waals surface area contributed by atoms with Crippen LogP contribution in [0.1, 0.15) is 41.3 Å². The van der Waals surface area contributed by atoms with E-state index in [9.17, 15) is 9.59 Å². The molecule has 130 valence electrons. The maximum atomic E-state index is 12.3.